The van der Waals surface area contributed by atoms with E-state index in [0.717, 1.165) is 18.5 Å². The maximum atomic E-state index is 9.94. The SMILES string of the molecule is COc1cccc(CCNC(N)=NCCC(C)C)c1O. The molecule has 1 aromatic carbocycles. The zero-order valence-electron chi connectivity index (χ0n) is 12.5. The molecule has 1 aromatic rings. The van der Waals surface area contributed by atoms with E-state index in [1.165, 1.54) is 7.11 Å². The van der Waals surface area contributed by atoms with Gasteiger partial charge in [0.25, 0.3) is 0 Å². The van der Waals surface area contributed by atoms with Gasteiger partial charge in [0.05, 0.1) is 7.11 Å². The van der Waals surface area contributed by atoms with Crippen LogP contribution in [-0.2, 0) is 6.42 Å². The maximum Gasteiger partial charge on any atom is 0.188 e. The second-order valence-corrected chi connectivity index (χ2v) is 5.09. The van der Waals surface area contributed by atoms with Gasteiger partial charge in [-0.1, -0.05) is 26.0 Å². The summed E-state index contributed by atoms with van der Waals surface area (Å²) in [6, 6.07) is 5.45. The van der Waals surface area contributed by atoms with Crippen LogP contribution in [0, 0.1) is 5.92 Å². The van der Waals surface area contributed by atoms with E-state index >= 15 is 0 Å². The van der Waals surface area contributed by atoms with Gasteiger partial charge < -0.3 is 20.9 Å². The number of rotatable bonds is 7. The average Bonchev–Trinajstić information content (AvgIpc) is 2.40. The number of benzene rings is 1. The number of guanidine groups is 1. The topological polar surface area (TPSA) is 79.9 Å². The number of para-hydroxylation sites is 1. The average molecular weight is 279 g/mol. The number of hydrogen-bond acceptors (Lipinski definition) is 3. The molecule has 5 heteroatoms. The summed E-state index contributed by atoms with van der Waals surface area (Å²) < 4.78 is 5.07. The Labute approximate surface area is 120 Å². The van der Waals surface area contributed by atoms with Crippen molar-refractivity contribution in [3.8, 4) is 11.5 Å². The van der Waals surface area contributed by atoms with Crippen LogP contribution in [0.2, 0.25) is 0 Å². The first kappa shape index (κ1) is 16.1. The molecule has 20 heavy (non-hydrogen) atoms. The number of ether oxygens (including phenoxy) is 1. The van der Waals surface area contributed by atoms with Crippen molar-refractivity contribution < 1.29 is 9.84 Å². The molecule has 5 nitrogen and oxygen atoms in total. The summed E-state index contributed by atoms with van der Waals surface area (Å²) in [6.45, 7) is 5.67. The quantitative estimate of drug-likeness (QED) is 0.526. The third kappa shape index (κ3) is 5.38. The minimum absolute atomic E-state index is 0.187. The van der Waals surface area contributed by atoms with E-state index in [2.05, 4.69) is 24.2 Å². The lowest BCUT2D eigenvalue weighted by atomic mass is 10.1. The number of phenols is 1. The predicted octanol–water partition coefficient (Wildman–Crippen LogP) is 1.89. The number of hydrogen-bond donors (Lipinski definition) is 3. The number of nitrogens with zero attached hydrogens (tertiary/aromatic N) is 1. The zero-order chi connectivity index (χ0) is 15.0. The van der Waals surface area contributed by atoms with Crippen LogP contribution < -0.4 is 15.8 Å². The molecular formula is C15H25N3O2. The largest absolute Gasteiger partial charge is 0.504 e. The van der Waals surface area contributed by atoms with Crippen LogP contribution >= 0.6 is 0 Å². The number of methoxy groups -OCH3 is 1. The third-order valence-electron chi connectivity index (χ3n) is 2.99. The molecule has 0 fully saturated rings. The fraction of sp³-hybridized carbons (Fsp3) is 0.533. The lowest BCUT2D eigenvalue weighted by molar-refractivity contribution is 0.370. The molecule has 1 rings (SSSR count). The Bertz CT molecular complexity index is 445. The van der Waals surface area contributed by atoms with Crippen molar-refractivity contribution in [3.05, 3.63) is 23.8 Å². The van der Waals surface area contributed by atoms with Crippen LogP contribution in [0.3, 0.4) is 0 Å². The summed E-state index contributed by atoms with van der Waals surface area (Å²) >= 11 is 0. The Morgan fingerprint density at radius 3 is 2.85 bits per heavy atom. The van der Waals surface area contributed by atoms with Gasteiger partial charge in [-0.3, -0.25) is 4.99 Å². The molecule has 0 heterocycles. The fourth-order valence-corrected chi connectivity index (χ4v) is 1.76. The molecule has 0 aliphatic rings. The molecule has 0 radical (unpaired) electrons. The van der Waals surface area contributed by atoms with Gasteiger partial charge in [0.1, 0.15) is 0 Å². The van der Waals surface area contributed by atoms with Gasteiger partial charge in [-0.15, -0.1) is 0 Å². The van der Waals surface area contributed by atoms with Crippen LogP contribution in [0.25, 0.3) is 0 Å². The van der Waals surface area contributed by atoms with E-state index in [9.17, 15) is 5.11 Å². The molecule has 0 aliphatic heterocycles. The van der Waals surface area contributed by atoms with Crippen LogP contribution in [0.1, 0.15) is 25.8 Å². The van der Waals surface area contributed by atoms with E-state index in [1.54, 1.807) is 6.07 Å². The highest BCUT2D eigenvalue weighted by molar-refractivity contribution is 5.77. The molecule has 4 N–H and O–H groups in total. The van der Waals surface area contributed by atoms with Gasteiger partial charge in [-0.2, -0.15) is 0 Å². The molecule has 0 saturated carbocycles. The van der Waals surface area contributed by atoms with Crippen molar-refractivity contribution in [2.24, 2.45) is 16.6 Å². The minimum atomic E-state index is 0.187. The van der Waals surface area contributed by atoms with Gasteiger partial charge in [0.2, 0.25) is 0 Å². The predicted molar refractivity (Wildman–Crippen MR) is 82.3 cm³/mol. The normalized spacial score (nSPS) is 11.7. The molecule has 0 saturated heterocycles. The molecule has 0 amide bonds. The van der Waals surface area contributed by atoms with Gasteiger partial charge in [0, 0.05) is 13.1 Å². The Morgan fingerprint density at radius 1 is 1.45 bits per heavy atom. The summed E-state index contributed by atoms with van der Waals surface area (Å²) in [6.07, 6.45) is 1.68. The first-order valence-corrected chi connectivity index (χ1v) is 6.93. The number of aliphatic imine (C=N–C) groups is 1. The Hall–Kier alpha value is -1.91. The van der Waals surface area contributed by atoms with Crippen molar-refractivity contribution in [1.29, 1.82) is 0 Å². The minimum Gasteiger partial charge on any atom is -0.504 e. The van der Waals surface area contributed by atoms with Gasteiger partial charge in [-0.25, -0.2) is 0 Å². The number of aromatic hydroxyl groups is 1. The van der Waals surface area contributed by atoms with Crippen molar-refractivity contribution >= 4 is 5.96 Å². The number of nitrogens with two attached hydrogens (primary N) is 1. The Kier molecular flexibility index (Phi) is 6.70. The van der Waals surface area contributed by atoms with Crippen molar-refractivity contribution in [1.82, 2.24) is 5.32 Å². The molecule has 0 unspecified atom stereocenters. The molecule has 0 bridgehead atoms. The van der Waals surface area contributed by atoms with Crippen LogP contribution in [-0.4, -0.2) is 31.3 Å². The van der Waals surface area contributed by atoms with Gasteiger partial charge in [0.15, 0.2) is 17.5 Å². The van der Waals surface area contributed by atoms with E-state index in [-0.39, 0.29) is 5.75 Å². The molecule has 0 aromatic heterocycles. The van der Waals surface area contributed by atoms with Gasteiger partial charge in [-0.05, 0) is 30.4 Å². The monoisotopic (exact) mass is 279 g/mol. The number of phenolic OH excluding ortho intramolecular Hbond substituents is 1. The molecule has 0 atom stereocenters. The summed E-state index contributed by atoms with van der Waals surface area (Å²) in [5.41, 5.74) is 6.60. The van der Waals surface area contributed by atoms with E-state index in [1.807, 2.05) is 12.1 Å². The smallest absolute Gasteiger partial charge is 0.188 e. The highest BCUT2D eigenvalue weighted by Crippen LogP contribution is 2.29. The molecule has 0 spiro atoms. The van der Waals surface area contributed by atoms with E-state index in [4.69, 9.17) is 10.5 Å². The summed E-state index contributed by atoms with van der Waals surface area (Å²) in [4.78, 5) is 4.25. The van der Waals surface area contributed by atoms with E-state index in [0.29, 0.717) is 30.6 Å². The summed E-state index contributed by atoms with van der Waals surface area (Å²) in [5.74, 6) is 1.75. The van der Waals surface area contributed by atoms with Crippen molar-refractivity contribution in [3.63, 3.8) is 0 Å². The summed E-state index contributed by atoms with van der Waals surface area (Å²) in [7, 11) is 1.54. The standard InChI is InChI=1S/C15H25N3O2/c1-11(2)7-9-17-15(16)18-10-8-12-5-4-6-13(20-3)14(12)19/h4-6,11,19H,7-10H2,1-3H3,(H3,16,17,18). The fourth-order valence-electron chi connectivity index (χ4n) is 1.76. The lowest BCUT2D eigenvalue weighted by Crippen LogP contribution is -2.33. The van der Waals surface area contributed by atoms with Crippen LogP contribution in [0.5, 0.6) is 11.5 Å². The molecule has 0 aliphatic carbocycles. The van der Waals surface area contributed by atoms with Crippen molar-refractivity contribution in [2.45, 2.75) is 26.7 Å². The second-order valence-electron chi connectivity index (χ2n) is 5.09. The van der Waals surface area contributed by atoms with E-state index < -0.39 is 0 Å². The Balaban J connectivity index is 2.41. The van der Waals surface area contributed by atoms with Crippen molar-refractivity contribution in [2.75, 3.05) is 20.2 Å². The lowest BCUT2D eigenvalue weighted by Gasteiger charge is -2.10. The maximum absolute atomic E-state index is 9.94. The third-order valence-corrected chi connectivity index (χ3v) is 2.99. The van der Waals surface area contributed by atoms with Crippen LogP contribution in [0.4, 0.5) is 0 Å². The van der Waals surface area contributed by atoms with Gasteiger partial charge >= 0.3 is 0 Å². The first-order chi connectivity index (χ1) is 9.54. The van der Waals surface area contributed by atoms with Crippen LogP contribution in [0.15, 0.2) is 23.2 Å². The molecule has 112 valence electrons. The first-order valence-electron chi connectivity index (χ1n) is 6.93. The highest BCUT2D eigenvalue weighted by atomic mass is 16.5. The summed E-state index contributed by atoms with van der Waals surface area (Å²) in [5, 5.41) is 13.0. The Morgan fingerprint density at radius 2 is 2.20 bits per heavy atom. The second kappa shape index (κ2) is 8.30. The number of nitrogens with one attached hydrogen (secondary N) is 1. The molecular weight excluding hydrogens is 254 g/mol. The zero-order valence-corrected chi connectivity index (χ0v) is 12.5. The highest BCUT2D eigenvalue weighted by Gasteiger charge is 2.06.